The molecule has 7 nitrogen and oxygen atoms in total. The van der Waals surface area contributed by atoms with Crippen LogP contribution >= 0.6 is 23.4 Å². The van der Waals surface area contributed by atoms with Crippen molar-refractivity contribution < 1.29 is 36.3 Å². The van der Waals surface area contributed by atoms with Crippen molar-refractivity contribution in [3.63, 3.8) is 0 Å². The van der Waals surface area contributed by atoms with Gasteiger partial charge in [-0.25, -0.2) is 13.6 Å². The molecule has 6 rings (SSSR count). The van der Waals surface area contributed by atoms with Gasteiger partial charge in [0, 0.05) is 33.5 Å². The third kappa shape index (κ3) is 5.33. The van der Waals surface area contributed by atoms with Gasteiger partial charge in [0.05, 0.1) is 0 Å². The third-order valence-electron chi connectivity index (χ3n) is 7.69. The van der Waals surface area contributed by atoms with E-state index in [1.54, 1.807) is 24.3 Å². The molecule has 2 aliphatic rings. The van der Waals surface area contributed by atoms with Gasteiger partial charge in [-0.2, -0.15) is 13.2 Å². The fourth-order valence-corrected chi connectivity index (χ4v) is 6.81. The van der Waals surface area contributed by atoms with Crippen molar-refractivity contribution in [2.24, 2.45) is 0 Å². The Morgan fingerprint density at radius 3 is 2.40 bits per heavy atom. The fraction of sp³-hybridized carbons (Fsp3) is 0.194. The number of ether oxygens (including phenoxy) is 1. The summed E-state index contributed by atoms with van der Waals surface area (Å²) in [7, 11) is 0. The number of hydrogen-bond donors (Lipinski definition) is 0. The SMILES string of the molecule is CC(N1CN(C2c3ccccc3SCc3cccc(Cl)c32)n2ccc(=O)c(OC(=O)c3c(F)cccc3F)c2C1=O)C(F)(F)F. The predicted octanol–water partition coefficient (Wildman–Crippen LogP) is 6.70. The zero-order valence-electron chi connectivity index (χ0n) is 23.1. The number of pyridine rings is 1. The van der Waals surface area contributed by atoms with Gasteiger partial charge in [-0.3, -0.25) is 19.3 Å². The third-order valence-corrected chi connectivity index (χ3v) is 9.15. The highest BCUT2D eigenvalue weighted by Crippen LogP contribution is 2.45. The van der Waals surface area contributed by atoms with Crippen LogP contribution in [0.3, 0.4) is 0 Å². The molecule has 2 atom stereocenters. The highest BCUT2D eigenvalue weighted by atomic mass is 35.5. The summed E-state index contributed by atoms with van der Waals surface area (Å²) in [5.41, 5.74) is -0.961. The maximum atomic E-state index is 14.4. The number of esters is 1. The van der Waals surface area contributed by atoms with Crippen LogP contribution in [0.5, 0.6) is 5.75 Å². The van der Waals surface area contributed by atoms with E-state index in [1.807, 2.05) is 18.2 Å². The number of nitrogens with zero attached hydrogens (tertiary/aromatic N) is 3. The molecule has 0 spiro atoms. The van der Waals surface area contributed by atoms with Gasteiger partial charge in [0.25, 0.3) is 5.91 Å². The van der Waals surface area contributed by atoms with Crippen LogP contribution in [0.1, 0.15) is 50.5 Å². The largest absolute Gasteiger partial charge is 0.416 e. The molecular weight excluding hydrogens is 641 g/mol. The molecule has 0 radical (unpaired) electrons. The first-order valence-electron chi connectivity index (χ1n) is 13.4. The lowest BCUT2D eigenvalue weighted by molar-refractivity contribution is -0.173. The molecule has 2 aliphatic heterocycles. The Balaban J connectivity index is 1.60. The zero-order valence-corrected chi connectivity index (χ0v) is 24.7. The molecule has 0 N–H and O–H groups in total. The summed E-state index contributed by atoms with van der Waals surface area (Å²) in [5, 5.41) is 1.72. The van der Waals surface area contributed by atoms with E-state index in [4.69, 9.17) is 16.3 Å². The van der Waals surface area contributed by atoms with Gasteiger partial charge in [-0.05, 0) is 42.3 Å². The summed E-state index contributed by atoms with van der Waals surface area (Å²) in [6.45, 7) is 0.157. The van der Waals surface area contributed by atoms with E-state index < -0.39 is 70.9 Å². The highest BCUT2D eigenvalue weighted by Gasteiger charge is 2.48. The Morgan fingerprint density at radius 1 is 1.00 bits per heavy atom. The fourth-order valence-electron chi connectivity index (χ4n) is 5.43. The van der Waals surface area contributed by atoms with E-state index in [0.717, 1.165) is 46.3 Å². The second-order valence-corrected chi connectivity index (χ2v) is 11.7. The van der Waals surface area contributed by atoms with Crippen molar-refractivity contribution in [3.8, 4) is 5.75 Å². The molecule has 3 aromatic carbocycles. The smallest absolute Gasteiger partial charge is 0.408 e. The molecule has 1 amide bonds. The minimum Gasteiger partial charge on any atom is -0.416 e. The number of amides is 1. The van der Waals surface area contributed by atoms with E-state index in [2.05, 4.69) is 0 Å². The van der Waals surface area contributed by atoms with Crippen LogP contribution in [-0.2, 0) is 5.75 Å². The molecular formula is C31H21ClF5N3O4S. The average Bonchev–Trinajstić information content (AvgIpc) is 3.16. The number of hydrogen-bond acceptors (Lipinski definition) is 6. The van der Waals surface area contributed by atoms with Crippen molar-refractivity contribution >= 4 is 35.2 Å². The highest BCUT2D eigenvalue weighted by molar-refractivity contribution is 7.98. The standard InChI is InChI=1S/C31H21ClF5N3O4S/c1-16(31(35,36)37)38-15-40(26-18-7-2-3-11-23(18)45-14-17-6-4-8-19(32)24(17)26)39-13-12-22(41)28(27(39)29(38)42)44-30(43)25-20(33)9-5-10-21(25)34/h2-13,16,26H,14-15H2,1H3. The summed E-state index contributed by atoms with van der Waals surface area (Å²) in [5.74, 6) is -6.06. The summed E-state index contributed by atoms with van der Waals surface area (Å²) in [6.07, 6.45) is -3.72. The Kier molecular flexibility index (Phi) is 7.86. The van der Waals surface area contributed by atoms with E-state index in [-0.39, 0.29) is 0 Å². The van der Waals surface area contributed by atoms with Gasteiger partial charge in [-0.15, -0.1) is 11.8 Å². The molecule has 0 fully saturated rings. The van der Waals surface area contributed by atoms with Crippen molar-refractivity contribution in [2.75, 3.05) is 11.7 Å². The van der Waals surface area contributed by atoms with Crippen molar-refractivity contribution in [2.45, 2.75) is 35.8 Å². The lowest BCUT2D eigenvalue weighted by atomic mass is 9.94. The molecule has 4 aromatic rings. The minimum absolute atomic E-state index is 0.311. The molecule has 0 bridgehead atoms. The van der Waals surface area contributed by atoms with Gasteiger partial charge < -0.3 is 9.64 Å². The summed E-state index contributed by atoms with van der Waals surface area (Å²) in [4.78, 5) is 41.3. The van der Waals surface area contributed by atoms with E-state index >= 15 is 0 Å². The van der Waals surface area contributed by atoms with Crippen LogP contribution in [0.15, 0.2) is 82.6 Å². The first kappa shape index (κ1) is 30.7. The molecule has 0 aliphatic carbocycles. The lowest BCUT2D eigenvalue weighted by Gasteiger charge is -2.46. The van der Waals surface area contributed by atoms with E-state index in [1.165, 1.54) is 23.0 Å². The Labute approximate surface area is 261 Å². The molecule has 0 saturated carbocycles. The predicted molar refractivity (Wildman–Crippen MR) is 156 cm³/mol. The van der Waals surface area contributed by atoms with Gasteiger partial charge in [0.1, 0.15) is 36.0 Å². The second-order valence-electron chi connectivity index (χ2n) is 10.3. The quantitative estimate of drug-likeness (QED) is 0.179. The molecule has 2 unspecified atom stereocenters. The Morgan fingerprint density at radius 2 is 1.69 bits per heavy atom. The van der Waals surface area contributed by atoms with Crippen molar-refractivity contribution in [1.29, 1.82) is 0 Å². The number of rotatable bonds is 4. The monoisotopic (exact) mass is 661 g/mol. The summed E-state index contributed by atoms with van der Waals surface area (Å²) < 4.78 is 77.7. The topological polar surface area (TPSA) is 71.8 Å². The van der Waals surface area contributed by atoms with E-state index in [9.17, 15) is 36.3 Å². The van der Waals surface area contributed by atoms with Gasteiger partial charge in [-0.1, -0.05) is 48.0 Å². The number of carbonyl (C=O) groups excluding carboxylic acids is 2. The second kappa shape index (κ2) is 11.5. The number of aromatic nitrogens is 1. The maximum Gasteiger partial charge on any atom is 0.408 e. The molecule has 0 saturated heterocycles. The number of halogens is 6. The summed E-state index contributed by atoms with van der Waals surface area (Å²) >= 11 is 8.24. The van der Waals surface area contributed by atoms with Gasteiger partial charge >= 0.3 is 12.1 Å². The number of fused-ring (bicyclic) bond motifs is 3. The van der Waals surface area contributed by atoms with Crippen molar-refractivity contribution in [1.82, 2.24) is 9.58 Å². The van der Waals surface area contributed by atoms with Gasteiger partial charge in [0.15, 0.2) is 5.69 Å². The lowest BCUT2D eigenvalue weighted by Crippen LogP contribution is -2.60. The molecule has 1 aromatic heterocycles. The Bertz CT molecular complexity index is 1900. The van der Waals surface area contributed by atoms with Crippen LogP contribution in [0.4, 0.5) is 22.0 Å². The van der Waals surface area contributed by atoms with Crippen LogP contribution in [0.25, 0.3) is 0 Å². The maximum absolute atomic E-state index is 14.4. The minimum atomic E-state index is -4.89. The zero-order chi connectivity index (χ0) is 32.2. The molecule has 232 valence electrons. The number of alkyl halides is 3. The number of carbonyl (C=O) groups is 2. The van der Waals surface area contributed by atoms with Crippen molar-refractivity contribution in [3.05, 3.63) is 128 Å². The first-order chi connectivity index (χ1) is 21.4. The van der Waals surface area contributed by atoms with Crippen LogP contribution in [0.2, 0.25) is 5.02 Å². The molecule has 14 heteroatoms. The molecule has 45 heavy (non-hydrogen) atoms. The molecule has 3 heterocycles. The number of benzene rings is 3. The normalized spacial score (nSPS) is 16.8. The van der Waals surface area contributed by atoms with E-state index in [0.29, 0.717) is 26.8 Å². The van der Waals surface area contributed by atoms with Gasteiger partial charge in [0.2, 0.25) is 11.2 Å². The van der Waals surface area contributed by atoms with Crippen LogP contribution < -0.4 is 15.2 Å². The van der Waals surface area contributed by atoms with Crippen LogP contribution in [-0.4, -0.2) is 40.3 Å². The first-order valence-corrected chi connectivity index (χ1v) is 14.8. The van der Waals surface area contributed by atoms with Crippen LogP contribution in [0, 0.1) is 11.6 Å². The Hall–Kier alpha value is -4.36. The number of thioether (sulfide) groups is 1. The average molecular weight is 662 g/mol. The summed E-state index contributed by atoms with van der Waals surface area (Å²) in [6, 6.07) is 12.7.